The van der Waals surface area contributed by atoms with Crippen molar-refractivity contribution in [3.8, 4) is 17.2 Å². The fraction of sp³-hybridized carbons (Fsp3) is 0.576. The largest absolute Gasteiger partial charge is 0.432 e. The van der Waals surface area contributed by atoms with Crippen molar-refractivity contribution in [3.63, 3.8) is 0 Å². The average Bonchev–Trinajstić information content (AvgIpc) is 2.98. The predicted octanol–water partition coefficient (Wildman–Crippen LogP) is 11.7. The van der Waals surface area contributed by atoms with Crippen LogP contribution in [0.4, 0.5) is 39.5 Å². The Bertz CT molecular complexity index is 1260. The summed E-state index contributed by atoms with van der Waals surface area (Å²) in [5, 5.41) is 0. The van der Waals surface area contributed by atoms with Gasteiger partial charge in [0.25, 0.3) is 0 Å². The average molecular weight is 653 g/mol. The van der Waals surface area contributed by atoms with Crippen LogP contribution in [0.3, 0.4) is 0 Å². The smallest absolute Gasteiger partial charge is 0.432 e. The first-order chi connectivity index (χ1) is 21.3. The number of hydrogen-bond donors (Lipinski definition) is 0. The van der Waals surface area contributed by atoms with Gasteiger partial charge in [-0.05, 0) is 80.5 Å². The first kappa shape index (κ1) is 34.8. The van der Waals surface area contributed by atoms with Crippen molar-refractivity contribution in [3.05, 3.63) is 65.7 Å². The first-order valence-corrected chi connectivity index (χ1v) is 15.4. The van der Waals surface area contributed by atoms with E-state index in [2.05, 4.69) is 16.4 Å². The second-order valence-electron chi connectivity index (χ2n) is 12.0. The Labute approximate surface area is 256 Å². The second-order valence-corrected chi connectivity index (χ2v) is 12.0. The molecule has 2 aromatic rings. The van der Waals surface area contributed by atoms with Gasteiger partial charge in [-0.1, -0.05) is 45.4 Å². The van der Waals surface area contributed by atoms with E-state index in [9.17, 15) is 30.7 Å². The number of alkyl halides is 4. The minimum absolute atomic E-state index is 0.179. The van der Waals surface area contributed by atoms with Gasteiger partial charge >= 0.3 is 24.3 Å². The van der Waals surface area contributed by atoms with Gasteiger partial charge in [-0.3, -0.25) is 0 Å². The van der Waals surface area contributed by atoms with E-state index in [0.29, 0.717) is 24.7 Å². The molecule has 2 aromatic carbocycles. The topological polar surface area (TPSA) is 27.7 Å². The van der Waals surface area contributed by atoms with Gasteiger partial charge < -0.3 is 14.2 Å². The van der Waals surface area contributed by atoms with Crippen LogP contribution in [0.1, 0.15) is 89.5 Å². The van der Waals surface area contributed by atoms with Crippen LogP contribution in [0.2, 0.25) is 0 Å². The molecule has 0 unspecified atom stereocenters. The molecule has 0 aromatic heterocycles. The van der Waals surface area contributed by atoms with Crippen molar-refractivity contribution in [1.82, 2.24) is 0 Å². The van der Waals surface area contributed by atoms with E-state index in [4.69, 9.17) is 4.74 Å². The Morgan fingerprint density at radius 2 is 1.24 bits per heavy atom. The molecule has 0 saturated heterocycles. The van der Waals surface area contributed by atoms with Gasteiger partial charge in [-0.25, -0.2) is 8.78 Å². The Kier molecular flexibility index (Phi) is 11.6. The summed E-state index contributed by atoms with van der Waals surface area (Å²) in [6.07, 6.45) is -0.0656. The zero-order valence-corrected chi connectivity index (χ0v) is 24.9. The van der Waals surface area contributed by atoms with E-state index in [1.54, 1.807) is 0 Å². The lowest BCUT2D eigenvalue weighted by molar-refractivity contribution is -0.224. The van der Waals surface area contributed by atoms with E-state index in [1.807, 2.05) is 0 Å². The molecule has 0 radical (unpaired) electrons. The molecule has 2 fully saturated rings. The normalized spacial score (nSPS) is 22.5. The molecule has 2 aliphatic carbocycles. The third kappa shape index (κ3) is 9.25. The predicted molar refractivity (Wildman–Crippen MR) is 149 cm³/mol. The summed E-state index contributed by atoms with van der Waals surface area (Å²) in [5.41, 5.74) is -1.85. The van der Waals surface area contributed by atoms with Crippen molar-refractivity contribution < 1.29 is 53.7 Å². The van der Waals surface area contributed by atoms with E-state index in [1.165, 1.54) is 38.5 Å². The quantitative estimate of drug-likeness (QED) is 0.122. The van der Waals surface area contributed by atoms with Crippen LogP contribution < -0.4 is 14.2 Å². The highest BCUT2D eigenvalue weighted by atomic mass is 19.3. The number of unbranched alkanes of at least 4 members (excludes halogenated alkanes) is 2. The number of rotatable bonds is 13. The maximum atomic E-state index is 15.1. The van der Waals surface area contributed by atoms with Crippen LogP contribution in [0.15, 0.2) is 48.5 Å². The standard InChI is InChI=1S/C33H37F9O3/c1-2-3-4-5-20-6-8-21(9-7-20)22-10-12-23(13-11-22)32(39,40)45-26-18-27(34)29(28(35)19-26)33(41,42)44-25-16-14-24(15-17-25)43-31(38)30(36)37/h14-23H,2-13H2,1H3. The molecule has 250 valence electrons. The molecule has 0 spiro atoms. The van der Waals surface area contributed by atoms with E-state index in [-0.39, 0.29) is 25.0 Å². The fourth-order valence-electron chi connectivity index (χ4n) is 6.60. The lowest BCUT2D eigenvalue weighted by atomic mass is 9.68. The van der Waals surface area contributed by atoms with Gasteiger partial charge in [-0.2, -0.15) is 30.7 Å². The van der Waals surface area contributed by atoms with Crippen LogP contribution >= 0.6 is 0 Å². The van der Waals surface area contributed by atoms with Gasteiger partial charge in [0, 0.05) is 12.1 Å². The molecule has 2 aliphatic rings. The van der Waals surface area contributed by atoms with Crippen molar-refractivity contribution in [2.24, 2.45) is 23.7 Å². The Hall–Kier alpha value is -3.05. The van der Waals surface area contributed by atoms with Crippen molar-refractivity contribution in [2.75, 3.05) is 0 Å². The summed E-state index contributed by atoms with van der Waals surface area (Å²) in [7, 11) is 0. The third-order valence-electron chi connectivity index (χ3n) is 9.01. The van der Waals surface area contributed by atoms with E-state index >= 15 is 8.78 Å². The molecule has 0 N–H and O–H groups in total. The maximum Gasteiger partial charge on any atom is 0.432 e. The lowest BCUT2D eigenvalue weighted by Crippen LogP contribution is -2.38. The van der Waals surface area contributed by atoms with Gasteiger partial charge in [0.1, 0.15) is 34.4 Å². The minimum Gasteiger partial charge on any atom is -0.432 e. The number of halogens is 9. The molecule has 12 heteroatoms. The summed E-state index contributed by atoms with van der Waals surface area (Å²) in [6.45, 7) is 2.18. The number of hydrogen-bond acceptors (Lipinski definition) is 3. The molecular formula is C33H37F9O3. The van der Waals surface area contributed by atoms with Gasteiger partial charge in [-0.15, -0.1) is 0 Å². The van der Waals surface area contributed by atoms with Crippen molar-refractivity contribution in [2.45, 2.75) is 96.2 Å². The highest BCUT2D eigenvalue weighted by Gasteiger charge is 2.46. The summed E-state index contributed by atoms with van der Waals surface area (Å²) in [4.78, 5) is 0. The van der Waals surface area contributed by atoms with E-state index in [0.717, 1.165) is 43.0 Å². The fourth-order valence-corrected chi connectivity index (χ4v) is 6.60. The van der Waals surface area contributed by atoms with Crippen molar-refractivity contribution in [1.29, 1.82) is 0 Å². The Morgan fingerprint density at radius 3 is 1.78 bits per heavy atom. The third-order valence-corrected chi connectivity index (χ3v) is 9.01. The first-order valence-electron chi connectivity index (χ1n) is 15.4. The van der Waals surface area contributed by atoms with Crippen LogP contribution in [-0.4, -0.2) is 6.11 Å². The number of benzene rings is 2. The molecule has 0 amide bonds. The molecule has 0 bridgehead atoms. The summed E-state index contributed by atoms with van der Waals surface area (Å²) in [5.74, 6) is -5.47. The Morgan fingerprint density at radius 1 is 0.711 bits per heavy atom. The molecule has 0 heterocycles. The van der Waals surface area contributed by atoms with Gasteiger partial charge in [0.15, 0.2) is 0 Å². The SMILES string of the molecule is CCCCCC1CCC(C2CCC(C(F)(F)Oc3cc(F)c(C(F)(F)Oc4ccc(OC(F)=C(F)F)cc4)c(F)c3)CC2)CC1. The highest BCUT2D eigenvalue weighted by molar-refractivity contribution is 5.35. The Balaban J connectivity index is 1.32. The molecule has 2 saturated carbocycles. The molecule has 0 atom stereocenters. The van der Waals surface area contributed by atoms with Crippen LogP contribution in [0.5, 0.6) is 17.2 Å². The molecule has 0 aliphatic heterocycles. The van der Waals surface area contributed by atoms with Crippen LogP contribution in [0, 0.1) is 35.3 Å². The monoisotopic (exact) mass is 652 g/mol. The molecule has 3 nitrogen and oxygen atoms in total. The zero-order valence-electron chi connectivity index (χ0n) is 24.9. The lowest BCUT2D eigenvalue weighted by Gasteiger charge is -2.39. The maximum absolute atomic E-state index is 15.1. The molecular weight excluding hydrogens is 615 g/mol. The minimum atomic E-state index is -4.62. The summed E-state index contributed by atoms with van der Waals surface area (Å²) in [6, 6.07) is 1.39. The van der Waals surface area contributed by atoms with Gasteiger partial charge in [0.2, 0.25) is 0 Å². The van der Waals surface area contributed by atoms with Crippen molar-refractivity contribution >= 4 is 0 Å². The van der Waals surface area contributed by atoms with E-state index < -0.39 is 64.7 Å². The summed E-state index contributed by atoms with van der Waals surface area (Å²) >= 11 is 0. The number of ether oxygens (including phenoxy) is 3. The second kappa shape index (κ2) is 15.0. The zero-order chi connectivity index (χ0) is 32.8. The molecule has 45 heavy (non-hydrogen) atoms. The van der Waals surface area contributed by atoms with Crippen LogP contribution in [-0.2, 0) is 6.11 Å². The highest BCUT2D eigenvalue weighted by Crippen LogP contribution is 2.46. The molecule has 4 rings (SSSR count). The van der Waals surface area contributed by atoms with Gasteiger partial charge in [0.05, 0.1) is 5.92 Å². The van der Waals surface area contributed by atoms with Crippen LogP contribution in [0.25, 0.3) is 0 Å². The summed E-state index contributed by atoms with van der Waals surface area (Å²) < 4.78 is 139.